The van der Waals surface area contributed by atoms with Gasteiger partial charge in [0.1, 0.15) is 0 Å². The molecule has 2 rings (SSSR count). The first-order chi connectivity index (χ1) is 8.14. The summed E-state index contributed by atoms with van der Waals surface area (Å²) < 4.78 is 10.6. The van der Waals surface area contributed by atoms with E-state index in [1.165, 1.54) is 0 Å². The molecule has 0 aromatic carbocycles. The Morgan fingerprint density at radius 2 is 2.41 bits per heavy atom. The molecule has 5 heteroatoms. The second-order valence-corrected chi connectivity index (χ2v) is 5.11. The van der Waals surface area contributed by atoms with Gasteiger partial charge in [0.15, 0.2) is 5.82 Å². The Morgan fingerprint density at radius 1 is 1.59 bits per heavy atom. The SMILES string of the molecule is COC(C)Cc1noc(C2(C)CCCNC2)n1. The summed E-state index contributed by atoms with van der Waals surface area (Å²) in [7, 11) is 1.69. The minimum Gasteiger partial charge on any atom is -0.381 e. The number of nitrogens with one attached hydrogen (secondary N) is 1. The summed E-state index contributed by atoms with van der Waals surface area (Å²) in [6, 6.07) is 0. The summed E-state index contributed by atoms with van der Waals surface area (Å²) in [5.74, 6) is 1.49. The lowest BCUT2D eigenvalue weighted by Crippen LogP contribution is -2.41. The first-order valence-corrected chi connectivity index (χ1v) is 6.20. The molecule has 0 spiro atoms. The second kappa shape index (κ2) is 5.14. The van der Waals surface area contributed by atoms with Crippen LogP contribution in [0.15, 0.2) is 4.52 Å². The first-order valence-electron chi connectivity index (χ1n) is 6.20. The number of rotatable bonds is 4. The molecule has 0 saturated carbocycles. The fraction of sp³-hybridized carbons (Fsp3) is 0.833. The predicted molar refractivity (Wildman–Crippen MR) is 63.9 cm³/mol. The molecule has 1 aliphatic heterocycles. The van der Waals surface area contributed by atoms with Gasteiger partial charge in [-0.2, -0.15) is 4.98 Å². The van der Waals surface area contributed by atoms with Gasteiger partial charge in [0.25, 0.3) is 0 Å². The van der Waals surface area contributed by atoms with Crippen LogP contribution in [0.1, 0.15) is 38.4 Å². The number of hydrogen-bond acceptors (Lipinski definition) is 5. The zero-order chi connectivity index (χ0) is 12.3. The van der Waals surface area contributed by atoms with Crippen LogP contribution < -0.4 is 5.32 Å². The number of nitrogens with zero attached hydrogens (tertiary/aromatic N) is 2. The van der Waals surface area contributed by atoms with Crippen molar-refractivity contribution in [3.05, 3.63) is 11.7 Å². The average molecular weight is 239 g/mol. The van der Waals surface area contributed by atoms with Crippen molar-refractivity contribution in [1.29, 1.82) is 0 Å². The Bertz CT molecular complexity index is 358. The molecule has 1 N–H and O–H groups in total. The van der Waals surface area contributed by atoms with Crippen LogP contribution in [-0.4, -0.2) is 36.4 Å². The fourth-order valence-electron chi connectivity index (χ4n) is 2.16. The molecule has 1 aliphatic rings. The average Bonchev–Trinajstić information content (AvgIpc) is 2.79. The second-order valence-electron chi connectivity index (χ2n) is 5.11. The Labute approximate surface area is 102 Å². The van der Waals surface area contributed by atoms with Gasteiger partial charge in [0.2, 0.25) is 5.89 Å². The first kappa shape index (κ1) is 12.5. The number of aromatic nitrogens is 2. The van der Waals surface area contributed by atoms with Crippen molar-refractivity contribution in [3.8, 4) is 0 Å². The maximum absolute atomic E-state index is 5.40. The molecule has 1 fully saturated rings. The van der Waals surface area contributed by atoms with Crippen LogP contribution in [0.5, 0.6) is 0 Å². The van der Waals surface area contributed by atoms with E-state index >= 15 is 0 Å². The lowest BCUT2D eigenvalue weighted by atomic mass is 9.83. The highest BCUT2D eigenvalue weighted by Crippen LogP contribution is 2.29. The van der Waals surface area contributed by atoms with Gasteiger partial charge < -0.3 is 14.6 Å². The summed E-state index contributed by atoms with van der Waals surface area (Å²) in [5, 5.41) is 7.41. The Hall–Kier alpha value is -0.940. The molecule has 0 radical (unpaired) electrons. The lowest BCUT2D eigenvalue weighted by molar-refractivity contribution is 0.116. The van der Waals surface area contributed by atoms with Crippen LogP contribution >= 0.6 is 0 Å². The van der Waals surface area contributed by atoms with Crippen molar-refractivity contribution in [1.82, 2.24) is 15.5 Å². The minimum absolute atomic E-state index is 0.0141. The molecular weight excluding hydrogens is 218 g/mol. The molecule has 0 aliphatic carbocycles. The number of hydrogen-bond donors (Lipinski definition) is 1. The van der Waals surface area contributed by atoms with Crippen LogP contribution in [0.2, 0.25) is 0 Å². The number of piperidine rings is 1. The lowest BCUT2D eigenvalue weighted by Gasteiger charge is -2.30. The summed E-state index contributed by atoms with van der Waals surface area (Å²) in [6.45, 7) is 6.17. The van der Waals surface area contributed by atoms with E-state index in [-0.39, 0.29) is 11.5 Å². The Kier molecular flexibility index (Phi) is 3.79. The maximum Gasteiger partial charge on any atom is 0.233 e. The predicted octanol–water partition coefficient (Wildman–Crippen LogP) is 1.29. The van der Waals surface area contributed by atoms with Crippen molar-refractivity contribution in [3.63, 3.8) is 0 Å². The minimum atomic E-state index is -0.0141. The van der Waals surface area contributed by atoms with Crippen molar-refractivity contribution >= 4 is 0 Å². The summed E-state index contributed by atoms with van der Waals surface area (Å²) in [4.78, 5) is 4.50. The molecular formula is C12H21N3O2. The monoisotopic (exact) mass is 239 g/mol. The van der Waals surface area contributed by atoms with Gasteiger partial charge >= 0.3 is 0 Å². The fourth-order valence-corrected chi connectivity index (χ4v) is 2.16. The standard InChI is InChI=1S/C12H21N3O2/c1-9(16-3)7-10-14-11(17-15-10)12(2)5-4-6-13-8-12/h9,13H,4-8H2,1-3H3. The largest absolute Gasteiger partial charge is 0.381 e. The van der Waals surface area contributed by atoms with Crippen molar-refractivity contribution < 1.29 is 9.26 Å². The van der Waals surface area contributed by atoms with E-state index in [0.717, 1.165) is 37.6 Å². The van der Waals surface area contributed by atoms with Crippen LogP contribution in [0.25, 0.3) is 0 Å². The zero-order valence-electron chi connectivity index (χ0n) is 10.8. The molecule has 5 nitrogen and oxygen atoms in total. The van der Waals surface area contributed by atoms with E-state index in [9.17, 15) is 0 Å². The highest BCUT2D eigenvalue weighted by Gasteiger charge is 2.34. The van der Waals surface area contributed by atoms with Gasteiger partial charge in [0.05, 0.1) is 11.5 Å². The molecule has 96 valence electrons. The molecule has 0 amide bonds. The maximum atomic E-state index is 5.40. The Balaban J connectivity index is 2.06. The van der Waals surface area contributed by atoms with Gasteiger partial charge in [-0.1, -0.05) is 5.16 Å². The normalized spacial score (nSPS) is 27.0. The highest BCUT2D eigenvalue weighted by molar-refractivity contribution is 5.06. The van der Waals surface area contributed by atoms with Gasteiger partial charge in [-0.3, -0.25) is 0 Å². The van der Waals surface area contributed by atoms with E-state index in [2.05, 4.69) is 22.4 Å². The molecule has 2 unspecified atom stereocenters. The third-order valence-corrected chi connectivity index (χ3v) is 3.45. The zero-order valence-corrected chi connectivity index (χ0v) is 10.8. The van der Waals surface area contributed by atoms with Gasteiger partial charge in [-0.05, 0) is 33.2 Å². The molecule has 1 aromatic rings. The molecule has 0 bridgehead atoms. The van der Waals surface area contributed by atoms with Crippen molar-refractivity contribution in [2.45, 2.75) is 44.6 Å². The van der Waals surface area contributed by atoms with E-state index < -0.39 is 0 Å². The van der Waals surface area contributed by atoms with Gasteiger partial charge in [0, 0.05) is 20.1 Å². The molecule has 2 atom stereocenters. The highest BCUT2D eigenvalue weighted by atomic mass is 16.5. The van der Waals surface area contributed by atoms with E-state index in [4.69, 9.17) is 9.26 Å². The topological polar surface area (TPSA) is 60.2 Å². The third-order valence-electron chi connectivity index (χ3n) is 3.45. The van der Waals surface area contributed by atoms with Crippen LogP contribution in [0, 0.1) is 0 Å². The van der Waals surface area contributed by atoms with Crippen LogP contribution in [-0.2, 0) is 16.6 Å². The number of ether oxygens (including phenoxy) is 1. The Morgan fingerprint density at radius 3 is 3.06 bits per heavy atom. The molecule has 1 saturated heterocycles. The summed E-state index contributed by atoms with van der Waals surface area (Å²) in [5.41, 5.74) is -0.0141. The smallest absolute Gasteiger partial charge is 0.233 e. The third kappa shape index (κ3) is 2.84. The van der Waals surface area contributed by atoms with E-state index in [0.29, 0.717) is 6.42 Å². The van der Waals surface area contributed by atoms with Crippen LogP contribution in [0.4, 0.5) is 0 Å². The molecule has 17 heavy (non-hydrogen) atoms. The number of methoxy groups -OCH3 is 1. The summed E-state index contributed by atoms with van der Waals surface area (Å²) in [6.07, 6.45) is 3.07. The molecule has 1 aromatic heterocycles. The summed E-state index contributed by atoms with van der Waals surface area (Å²) >= 11 is 0. The van der Waals surface area contributed by atoms with Crippen molar-refractivity contribution in [2.24, 2.45) is 0 Å². The quantitative estimate of drug-likeness (QED) is 0.858. The van der Waals surface area contributed by atoms with E-state index in [1.807, 2.05) is 6.92 Å². The van der Waals surface area contributed by atoms with E-state index in [1.54, 1.807) is 7.11 Å². The van der Waals surface area contributed by atoms with Gasteiger partial charge in [-0.15, -0.1) is 0 Å². The van der Waals surface area contributed by atoms with Crippen molar-refractivity contribution in [2.75, 3.05) is 20.2 Å². The molecule has 2 heterocycles. The van der Waals surface area contributed by atoms with Gasteiger partial charge in [-0.25, -0.2) is 0 Å². The van der Waals surface area contributed by atoms with Crippen LogP contribution in [0.3, 0.4) is 0 Å².